The summed E-state index contributed by atoms with van der Waals surface area (Å²) in [4.78, 5) is 22.7. The maximum atomic E-state index is 13.0. The highest BCUT2D eigenvalue weighted by atomic mass is 16.1. The van der Waals surface area contributed by atoms with E-state index >= 15 is 0 Å². The Bertz CT molecular complexity index is 1110. The molecule has 0 atom stereocenters. The molecule has 6 heteroatoms. The van der Waals surface area contributed by atoms with Gasteiger partial charge in [-0.2, -0.15) is 9.78 Å². The lowest BCUT2D eigenvalue weighted by Crippen LogP contribution is -2.11. The molecule has 24 heavy (non-hydrogen) atoms. The fourth-order valence-electron chi connectivity index (χ4n) is 2.93. The maximum absolute atomic E-state index is 13.0. The molecule has 4 rings (SSSR count). The van der Waals surface area contributed by atoms with Gasteiger partial charge in [0, 0.05) is 31.4 Å². The lowest BCUT2D eigenvalue weighted by Gasteiger charge is -2.13. The SMILES string of the molecule is Cc1nn(-c2ccccn2)c2[nH]c3ccc(N(C)C)cc3c(=O)c12. The van der Waals surface area contributed by atoms with E-state index in [2.05, 4.69) is 15.1 Å². The van der Waals surface area contributed by atoms with Crippen LogP contribution in [0.15, 0.2) is 47.4 Å². The molecular formula is C18H17N5O. The number of rotatable bonds is 2. The van der Waals surface area contributed by atoms with Crippen LogP contribution in [-0.2, 0) is 0 Å². The minimum absolute atomic E-state index is 0.0119. The van der Waals surface area contributed by atoms with Crippen LogP contribution in [0.25, 0.3) is 27.8 Å². The summed E-state index contributed by atoms with van der Waals surface area (Å²) in [6.45, 7) is 1.85. The third-order valence-electron chi connectivity index (χ3n) is 4.17. The fourth-order valence-corrected chi connectivity index (χ4v) is 2.93. The number of hydrogen-bond donors (Lipinski definition) is 1. The molecule has 1 N–H and O–H groups in total. The second kappa shape index (κ2) is 5.19. The Kier molecular flexibility index (Phi) is 3.13. The first-order valence-electron chi connectivity index (χ1n) is 7.70. The summed E-state index contributed by atoms with van der Waals surface area (Å²) < 4.78 is 1.69. The van der Waals surface area contributed by atoms with Gasteiger partial charge in [-0.15, -0.1) is 0 Å². The summed E-state index contributed by atoms with van der Waals surface area (Å²) in [5.74, 6) is 0.676. The lowest BCUT2D eigenvalue weighted by molar-refractivity contribution is 0.848. The third-order valence-corrected chi connectivity index (χ3v) is 4.17. The van der Waals surface area contributed by atoms with Crippen LogP contribution in [0.3, 0.4) is 0 Å². The Morgan fingerprint density at radius 3 is 2.71 bits per heavy atom. The zero-order valence-corrected chi connectivity index (χ0v) is 13.7. The predicted molar refractivity (Wildman–Crippen MR) is 96.1 cm³/mol. The molecule has 0 aliphatic heterocycles. The van der Waals surface area contributed by atoms with E-state index in [0.717, 1.165) is 11.2 Å². The van der Waals surface area contributed by atoms with Crippen molar-refractivity contribution in [3.8, 4) is 5.82 Å². The van der Waals surface area contributed by atoms with E-state index in [-0.39, 0.29) is 5.43 Å². The van der Waals surface area contributed by atoms with Crippen LogP contribution in [-0.4, -0.2) is 33.8 Å². The molecule has 4 aromatic rings. The van der Waals surface area contributed by atoms with Crippen LogP contribution >= 0.6 is 0 Å². The first kappa shape index (κ1) is 14.4. The normalized spacial score (nSPS) is 11.3. The van der Waals surface area contributed by atoms with Gasteiger partial charge in [0.1, 0.15) is 5.65 Å². The van der Waals surface area contributed by atoms with E-state index in [1.54, 1.807) is 10.9 Å². The monoisotopic (exact) mass is 319 g/mol. The summed E-state index contributed by atoms with van der Waals surface area (Å²) in [5.41, 5.74) is 3.12. The van der Waals surface area contributed by atoms with Crippen LogP contribution in [0.4, 0.5) is 5.69 Å². The topological polar surface area (TPSA) is 66.8 Å². The minimum atomic E-state index is -0.0119. The summed E-state index contributed by atoms with van der Waals surface area (Å²) in [6.07, 6.45) is 1.71. The number of aromatic nitrogens is 4. The molecule has 0 fully saturated rings. The molecule has 0 saturated heterocycles. The average molecular weight is 319 g/mol. The molecule has 0 spiro atoms. The number of H-pyrrole nitrogens is 1. The van der Waals surface area contributed by atoms with Crippen molar-refractivity contribution < 1.29 is 0 Å². The van der Waals surface area contributed by atoms with Crippen LogP contribution in [0.5, 0.6) is 0 Å². The average Bonchev–Trinajstić information content (AvgIpc) is 2.92. The molecule has 0 aliphatic rings. The number of nitrogens with zero attached hydrogens (tertiary/aromatic N) is 4. The van der Waals surface area contributed by atoms with Gasteiger partial charge in [0.2, 0.25) is 5.43 Å². The predicted octanol–water partition coefficient (Wildman–Crippen LogP) is 2.64. The smallest absolute Gasteiger partial charge is 0.200 e. The van der Waals surface area contributed by atoms with Gasteiger partial charge in [-0.3, -0.25) is 4.79 Å². The zero-order valence-electron chi connectivity index (χ0n) is 13.7. The highest BCUT2D eigenvalue weighted by Gasteiger charge is 2.16. The largest absolute Gasteiger partial charge is 0.378 e. The van der Waals surface area contributed by atoms with Crippen LogP contribution < -0.4 is 10.3 Å². The first-order chi connectivity index (χ1) is 11.6. The number of aromatic amines is 1. The molecule has 3 aromatic heterocycles. The molecule has 0 unspecified atom stereocenters. The van der Waals surface area contributed by atoms with E-state index in [0.29, 0.717) is 27.9 Å². The lowest BCUT2D eigenvalue weighted by atomic mass is 10.1. The van der Waals surface area contributed by atoms with E-state index in [4.69, 9.17) is 0 Å². The van der Waals surface area contributed by atoms with Gasteiger partial charge >= 0.3 is 0 Å². The van der Waals surface area contributed by atoms with Gasteiger partial charge in [0.05, 0.1) is 16.6 Å². The van der Waals surface area contributed by atoms with Crippen molar-refractivity contribution in [1.29, 1.82) is 0 Å². The van der Waals surface area contributed by atoms with E-state index in [1.165, 1.54) is 0 Å². The summed E-state index contributed by atoms with van der Waals surface area (Å²) >= 11 is 0. The number of fused-ring (bicyclic) bond motifs is 2. The van der Waals surface area contributed by atoms with Crippen molar-refractivity contribution in [2.45, 2.75) is 6.92 Å². The van der Waals surface area contributed by atoms with Crippen molar-refractivity contribution in [2.75, 3.05) is 19.0 Å². The highest BCUT2D eigenvalue weighted by molar-refractivity contribution is 5.94. The molecule has 6 nitrogen and oxygen atoms in total. The molecule has 3 heterocycles. The Hall–Kier alpha value is -3.15. The van der Waals surface area contributed by atoms with Gasteiger partial charge in [-0.25, -0.2) is 4.98 Å². The molecule has 120 valence electrons. The van der Waals surface area contributed by atoms with Gasteiger partial charge in [-0.1, -0.05) is 6.07 Å². The van der Waals surface area contributed by atoms with E-state index < -0.39 is 0 Å². The summed E-state index contributed by atoms with van der Waals surface area (Å²) in [5, 5.41) is 5.78. The zero-order chi connectivity index (χ0) is 16.8. The number of benzene rings is 1. The quantitative estimate of drug-likeness (QED) is 0.617. The van der Waals surface area contributed by atoms with Crippen molar-refractivity contribution in [1.82, 2.24) is 19.7 Å². The fraction of sp³-hybridized carbons (Fsp3) is 0.167. The van der Waals surface area contributed by atoms with Crippen LogP contribution in [0.2, 0.25) is 0 Å². The number of pyridine rings is 2. The molecule has 0 amide bonds. The molecular weight excluding hydrogens is 302 g/mol. The number of aryl methyl sites for hydroxylation is 1. The Morgan fingerprint density at radius 1 is 1.17 bits per heavy atom. The van der Waals surface area contributed by atoms with Crippen LogP contribution in [0.1, 0.15) is 5.69 Å². The Balaban J connectivity index is 2.09. The third kappa shape index (κ3) is 2.07. The van der Waals surface area contributed by atoms with Crippen molar-refractivity contribution >= 4 is 27.6 Å². The van der Waals surface area contributed by atoms with E-state index in [9.17, 15) is 4.79 Å². The second-order valence-electron chi connectivity index (χ2n) is 5.99. The Morgan fingerprint density at radius 2 is 2.00 bits per heavy atom. The summed E-state index contributed by atoms with van der Waals surface area (Å²) in [6, 6.07) is 11.4. The number of hydrogen-bond acceptors (Lipinski definition) is 4. The Labute approximate surface area is 138 Å². The molecule has 0 bridgehead atoms. The molecule has 1 aromatic carbocycles. The summed E-state index contributed by atoms with van der Waals surface area (Å²) in [7, 11) is 3.91. The number of nitrogens with one attached hydrogen (secondary N) is 1. The number of anilines is 1. The van der Waals surface area contributed by atoms with Crippen molar-refractivity contribution in [3.05, 3.63) is 58.5 Å². The van der Waals surface area contributed by atoms with Gasteiger partial charge in [0.15, 0.2) is 5.82 Å². The van der Waals surface area contributed by atoms with Gasteiger partial charge in [-0.05, 0) is 37.3 Å². The second-order valence-corrected chi connectivity index (χ2v) is 5.99. The van der Waals surface area contributed by atoms with E-state index in [1.807, 2.05) is 62.3 Å². The standard InChI is InChI=1S/C18H17N5O/c1-11-16-17(24)13-10-12(22(2)3)7-8-14(13)20-18(16)23(21-11)15-6-4-5-9-19-15/h4-10H,1-3H3,(H,20,24). The van der Waals surface area contributed by atoms with Gasteiger partial charge in [0.25, 0.3) is 0 Å². The molecule has 0 radical (unpaired) electrons. The van der Waals surface area contributed by atoms with Crippen molar-refractivity contribution in [2.24, 2.45) is 0 Å². The minimum Gasteiger partial charge on any atom is -0.378 e. The maximum Gasteiger partial charge on any atom is 0.200 e. The van der Waals surface area contributed by atoms with Crippen molar-refractivity contribution in [3.63, 3.8) is 0 Å². The van der Waals surface area contributed by atoms with Gasteiger partial charge < -0.3 is 9.88 Å². The first-order valence-corrected chi connectivity index (χ1v) is 7.70. The van der Waals surface area contributed by atoms with Crippen LogP contribution in [0, 0.1) is 6.92 Å². The molecule has 0 saturated carbocycles. The molecule has 0 aliphatic carbocycles. The highest BCUT2D eigenvalue weighted by Crippen LogP contribution is 2.22.